The third-order valence-corrected chi connectivity index (χ3v) is 9.32. The fraction of sp³-hybridized carbons (Fsp3) is 0.235. The first kappa shape index (κ1) is 54.5. The van der Waals surface area contributed by atoms with Gasteiger partial charge in [0.05, 0.1) is 33.1 Å². The van der Waals surface area contributed by atoms with Gasteiger partial charge in [-0.2, -0.15) is 74.6 Å². The van der Waals surface area contributed by atoms with Gasteiger partial charge in [0.15, 0.2) is 17.3 Å². The number of ether oxygens (including phenoxy) is 2. The van der Waals surface area contributed by atoms with E-state index >= 15 is 0 Å². The maximum Gasteiger partial charge on any atom is 0.435 e. The number of hydrogen-bond acceptors (Lipinski definition) is 7. The van der Waals surface area contributed by atoms with E-state index in [2.05, 4.69) is 41.3 Å². The van der Waals surface area contributed by atoms with Gasteiger partial charge in [-0.3, -0.25) is 19.7 Å². The second-order valence-corrected chi connectivity index (χ2v) is 13.9. The fourth-order valence-electron chi connectivity index (χ4n) is 5.08. The van der Waals surface area contributed by atoms with E-state index in [0.717, 1.165) is 24.3 Å². The van der Waals surface area contributed by atoms with Gasteiger partial charge in [-0.25, -0.2) is 13.2 Å². The van der Waals surface area contributed by atoms with Crippen molar-refractivity contribution in [1.29, 1.82) is 0 Å². The van der Waals surface area contributed by atoms with E-state index in [9.17, 15) is 108 Å². The summed E-state index contributed by atoms with van der Waals surface area (Å²) < 4.78 is 270. The summed E-state index contributed by atoms with van der Waals surface area (Å²) in [4.78, 5) is 34.2. The Kier molecular flexibility index (Phi) is 16.2. The number of amides is 2. The van der Waals surface area contributed by atoms with E-state index in [1.165, 1.54) is 0 Å². The first-order valence-electron chi connectivity index (χ1n) is 16.2. The molecule has 0 saturated carbocycles. The van der Waals surface area contributed by atoms with Crippen molar-refractivity contribution in [3.63, 3.8) is 0 Å². The van der Waals surface area contributed by atoms with Crippen molar-refractivity contribution in [2.45, 2.75) is 49.3 Å². The molecule has 0 fully saturated rings. The summed E-state index contributed by atoms with van der Waals surface area (Å²) in [7, 11) is 0. The third-order valence-electron chi connectivity index (χ3n) is 8.07. The Hall–Kier alpha value is -5.82. The molecule has 0 aliphatic carbocycles. The number of benzene rings is 4. The molecule has 66 heavy (non-hydrogen) atoms. The number of nitrogens with zero attached hydrogens (tertiary/aromatic N) is 1. The van der Waals surface area contributed by atoms with Gasteiger partial charge in [-0.15, -0.1) is 0 Å². The molecule has 0 aromatic heterocycles. The standard InChI is InChI=1S/C17H7BrF10N2O4.C17H9BrF10N2O2/c18-8-4-6(15(22,16(23,24)25)17(26,27)28)5-10(34-14(20)21)12(8)29-13(31)7-2-1-3-9(11(7)19)30(32)33;18-8-4-6(15(22,16(23,24)25)17(26,27)28)5-10(32-14(20)21)12(8)30-13(31)7-2-1-3-9(29)11(7)19/h1-5,14H,(H,29,31);1-5,14H,29H2,(H,30,31). The van der Waals surface area contributed by atoms with E-state index in [-0.39, 0.29) is 24.3 Å². The molecule has 0 atom stereocenters. The number of nitrogen functional groups attached to an aromatic ring is 1. The number of nitrogens with one attached hydrogen (secondary N) is 2. The quantitative estimate of drug-likeness (QED) is 0.0587. The zero-order valence-electron chi connectivity index (χ0n) is 30.7. The highest BCUT2D eigenvalue weighted by atomic mass is 79.9. The number of nitro benzene ring substituents is 1. The lowest BCUT2D eigenvalue weighted by Gasteiger charge is -2.31. The Morgan fingerprint density at radius 2 is 0.924 bits per heavy atom. The second kappa shape index (κ2) is 19.6. The van der Waals surface area contributed by atoms with Crippen LogP contribution in [0.25, 0.3) is 0 Å². The lowest BCUT2D eigenvalue weighted by atomic mass is 9.93. The lowest BCUT2D eigenvalue weighted by Crippen LogP contribution is -2.50. The van der Waals surface area contributed by atoms with Crippen molar-refractivity contribution in [1.82, 2.24) is 0 Å². The van der Waals surface area contributed by atoms with Gasteiger partial charge < -0.3 is 25.8 Å². The Morgan fingerprint density at radius 1 is 0.591 bits per heavy atom. The number of hydrogen-bond donors (Lipinski definition) is 3. The summed E-state index contributed by atoms with van der Waals surface area (Å²) in [6, 6.07) is 4.49. The molecule has 362 valence electrons. The van der Waals surface area contributed by atoms with E-state index in [4.69, 9.17) is 5.73 Å². The van der Waals surface area contributed by atoms with Gasteiger partial charge >= 0.3 is 55.0 Å². The molecule has 0 saturated heterocycles. The normalized spacial score (nSPS) is 12.7. The Labute approximate surface area is 368 Å². The molecule has 0 heterocycles. The summed E-state index contributed by atoms with van der Waals surface area (Å²) in [5.74, 6) is -8.92. The molecule has 32 heteroatoms. The van der Waals surface area contributed by atoms with E-state index in [1.807, 2.05) is 0 Å². The van der Waals surface area contributed by atoms with Crippen molar-refractivity contribution in [3.8, 4) is 11.5 Å². The average molecular weight is 1120 g/mol. The highest BCUT2D eigenvalue weighted by Gasteiger charge is 2.74. The molecule has 0 aliphatic heterocycles. The van der Waals surface area contributed by atoms with Crippen molar-refractivity contribution in [2.75, 3.05) is 16.4 Å². The predicted octanol–water partition coefficient (Wildman–Crippen LogP) is 13.0. The van der Waals surface area contributed by atoms with Crippen LogP contribution in [0.2, 0.25) is 0 Å². The Balaban J connectivity index is 0.000000351. The first-order valence-corrected chi connectivity index (χ1v) is 17.8. The minimum Gasteiger partial charge on any atom is -0.433 e. The summed E-state index contributed by atoms with van der Waals surface area (Å²) in [6.45, 7) is -7.68. The molecular weight excluding hydrogens is 1100 g/mol. The SMILES string of the molecule is Nc1cccc(C(=O)Nc2c(Br)cc(C(F)(C(F)(F)F)C(F)(F)F)cc2OC(F)F)c1F.O=C(Nc1c(Br)cc(C(F)(C(F)(F)F)C(F)(F)F)cc1OC(F)F)c1cccc([N+](=O)[O-])c1F. The van der Waals surface area contributed by atoms with Crippen molar-refractivity contribution < 1.29 is 112 Å². The molecule has 10 nitrogen and oxygen atoms in total. The number of carbonyl (C=O) groups excluding carboxylic acids is 2. The Morgan fingerprint density at radius 3 is 1.24 bits per heavy atom. The Bertz CT molecular complexity index is 2450. The van der Waals surface area contributed by atoms with Crippen LogP contribution < -0.4 is 25.8 Å². The average Bonchev–Trinajstić information content (AvgIpc) is 3.15. The molecule has 4 rings (SSSR count). The van der Waals surface area contributed by atoms with Crippen LogP contribution in [0.4, 0.5) is 111 Å². The van der Waals surface area contributed by atoms with Crippen LogP contribution >= 0.6 is 31.9 Å². The topological polar surface area (TPSA) is 146 Å². The van der Waals surface area contributed by atoms with Crippen LogP contribution in [0.15, 0.2) is 69.6 Å². The molecule has 2 amide bonds. The maximum absolute atomic E-state index is 14.4. The minimum atomic E-state index is -6.59. The summed E-state index contributed by atoms with van der Waals surface area (Å²) in [5, 5.41) is 14.3. The van der Waals surface area contributed by atoms with Gasteiger partial charge in [0, 0.05) is 26.1 Å². The molecule has 0 bridgehead atoms. The number of nitro groups is 1. The molecular formula is C34H16Br2F20N4O6. The smallest absolute Gasteiger partial charge is 0.433 e. The molecule has 4 aromatic rings. The number of anilines is 3. The minimum absolute atomic E-state index is 0.0371. The zero-order chi connectivity index (χ0) is 50.9. The van der Waals surface area contributed by atoms with E-state index in [0.29, 0.717) is 12.1 Å². The largest absolute Gasteiger partial charge is 0.435 e. The van der Waals surface area contributed by atoms with Gasteiger partial charge in [0.1, 0.15) is 0 Å². The van der Waals surface area contributed by atoms with Gasteiger partial charge in [-0.1, -0.05) is 12.1 Å². The van der Waals surface area contributed by atoms with Crippen LogP contribution in [0.1, 0.15) is 31.8 Å². The second-order valence-electron chi connectivity index (χ2n) is 12.2. The summed E-state index contributed by atoms with van der Waals surface area (Å²) in [5.41, 5.74) is -16.5. The lowest BCUT2D eigenvalue weighted by molar-refractivity contribution is -0.387. The zero-order valence-corrected chi connectivity index (χ0v) is 33.9. The van der Waals surface area contributed by atoms with Gasteiger partial charge in [0.2, 0.25) is 5.82 Å². The van der Waals surface area contributed by atoms with Crippen LogP contribution in [-0.4, -0.2) is 54.7 Å². The first-order chi connectivity index (χ1) is 29.9. The van der Waals surface area contributed by atoms with Crippen molar-refractivity contribution in [3.05, 3.63) is 114 Å². The highest BCUT2D eigenvalue weighted by molar-refractivity contribution is 9.11. The van der Waals surface area contributed by atoms with Gasteiger partial charge in [-0.05, 0) is 74.3 Å². The molecule has 0 spiro atoms. The molecule has 4 aromatic carbocycles. The number of nitrogens with two attached hydrogens (primary N) is 1. The highest BCUT2D eigenvalue weighted by Crippen LogP contribution is 2.56. The number of carbonyl (C=O) groups is 2. The van der Waals surface area contributed by atoms with Crippen molar-refractivity contribution in [2.24, 2.45) is 0 Å². The van der Waals surface area contributed by atoms with E-state index < -0.39 is 143 Å². The molecule has 0 aliphatic rings. The predicted molar refractivity (Wildman–Crippen MR) is 191 cm³/mol. The van der Waals surface area contributed by atoms with Crippen LogP contribution in [0.5, 0.6) is 11.5 Å². The van der Waals surface area contributed by atoms with Crippen LogP contribution in [0.3, 0.4) is 0 Å². The third kappa shape index (κ3) is 11.2. The van der Waals surface area contributed by atoms with E-state index in [1.54, 1.807) is 10.6 Å². The maximum atomic E-state index is 14.4. The number of rotatable bonds is 11. The van der Waals surface area contributed by atoms with Crippen LogP contribution in [0, 0.1) is 21.7 Å². The molecule has 4 N–H and O–H groups in total. The summed E-state index contributed by atoms with van der Waals surface area (Å²) >= 11 is 4.92. The van der Waals surface area contributed by atoms with Crippen LogP contribution in [-0.2, 0) is 11.3 Å². The van der Waals surface area contributed by atoms with Gasteiger partial charge in [0.25, 0.3) is 11.8 Å². The van der Waals surface area contributed by atoms with Crippen molar-refractivity contribution >= 4 is 66.4 Å². The summed E-state index contributed by atoms with van der Waals surface area (Å²) in [6.07, 6.45) is -26.3. The fourth-order valence-corrected chi connectivity index (χ4v) is 6.16. The monoisotopic (exact) mass is 1110 g/mol. The molecule has 0 unspecified atom stereocenters. The number of halogens is 22. The number of alkyl halides is 18. The molecule has 0 radical (unpaired) electrons.